The van der Waals surface area contributed by atoms with Gasteiger partial charge in [-0.1, -0.05) is 46.3 Å². The topological polar surface area (TPSA) is 63.6 Å². The molecule has 0 bridgehead atoms. The van der Waals surface area contributed by atoms with Crippen LogP contribution >= 0.6 is 15.9 Å². The van der Waals surface area contributed by atoms with Crippen molar-refractivity contribution < 1.29 is 13.9 Å². The van der Waals surface area contributed by atoms with Crippen molar-refractivity contribution in [1.29, 1.82) is 0 Å². The molecule has 4 nitrogen and oxygen atoms in total. The van der Waals surface area contributed by atoms with Crippen molar-refractivity contribution >= 4 is 37.9 Å². The largest absolute Gasteiger partial charge is 0.507 e. The first-order valence-corrected chi connectivity index (χ1v) is 9.43. The smallest absolute Gasteiger partial charge is 0.336 e. The van der Waals surface area contributed by atoms with E-state index in [-0.39, 0.29) is 5.75 Å². The van der Waals surface area contributed by atoms with E-state index < -0.39 is 5.63 Å². The first-order valence-electron chi connectivity index (χ1n) is 8.64. The van der Waals surface area contributed by atoms with Gasteiger partial charge in [-0.2, -0.15) is 0 Å². The summed E-state index contributed by atoms with van der Waals surface area (Å²) in [6.07, 6.45) is 0. The molecule has 28 heavy (non-hydrogen) atoms. The van der Waals surface area contributed by atoms with E-state index in [2.05, 4.69) is 15.9 Å². The second kappa shape index (κ2) is 6.39. The summed E-state index contributed by atoms with van der Waals surface area (Å²) < 4.78 is 12.3. The zero-order valence-corrected chi connectivity index (χ0v) is 16.1. The number of rotatable bonds is 2. The number of fused-ring (bicyclic) bond motifs is 2. The average Bonchev–Trinajstić information content (AvgIpc) is 3.11. The molecule has 0 spiro atoms. The molecular formula is C23H13BrO4. The van der Waals surface area contributed by atoms with Crippen LogP contribution in [-0.2, 0) is 0 Å². The lowest BCUT2D eigenvalue weighted by Gasteiger charge is -2.08. The first-order chi connectivity index (χ1) is 13.6. The standard InChI is InChI=1S/C23H13BrO4/c24-15-6-7-20-14(8-15)9-21(27-20)18-12-23(26)28-22-11-16(19(25)10-17(18)22)13-4-2-1-3-5-13/h1-12,25H. The molecule has 0 aliphatic heterocycles. The molecule has 5 heteroatoms. The van der Waals surface area contributed by atoms with Crippen molar-refractivity contribution in [2.45, 2.75) is 0 Å². The number of hydrogen-bond acceptors (Lipinski definition) is 4. The number of halogens is 1. The Labute approximate surface area is 167 Å². The van der Waals surface area contributed by atoms with Gasteiger partial charge in [0.1, 0.15) is 22.7 Å². The molecule has 136 valence electrons. The molecule has 0 aliphatic rings. The molecule has 3 aromatic carbocycles. The summed E-state index contributed by atoms with van der Waals surface area (Å²) in [7, 11) is 0. The Morgan fingerprint density at radius 3 is 2.43 bits per heavy atom. The molecular weight excluding hydrogens is 420 g/mol. The SMILES string of the molecule is O=c1cc(-c2cc3cc(Br)ccc3o2)c2cc(O)c(-c3ccccc3)cc2o1. The summed E-state index contributed by atoms with van der Waals surface area (Å²) in [5.41, 5.74) is 2.64. The number of benzene rings is 3. The van der Waals surface area contributed by atoms with Crippen molar-refractivity contribution in [3.63, 3.8) is 0 Å². The summed E-state index contributed by atoms with van der Waals surface area (Å²) in [6.45, 7) is 0. The van der Waals surface area contributed by atoms with Crippen molar-refractivity contribution in [2.75, 3.05) is 0 Å². The highest BCUT2D eigenvalue weighted by Gasteiger charge is 2.16. The fraction of sp³-hybridized carbons (Fsp3) is 0. The number of furan rings is 1. The minimum Gasteiger partial charge on any atom is -0.507 e. The molecule has 0 unspecified atom stereocenters. The molecule has 0 radical (unpaired) electrons. The fourth-order valence-corrected chi connectivity index (χ4v) is 3.78. The van der Waals surface area contributed by atoms with E-state index >= 15 is 0 Å². The van der Waals surface area contributed by atoms with Crippen molar-refractivity contribution in [3.05, 3.63) is 87.7 Å². The highest BCUT2D eigenvalue weighted by molar-refractivity contribution is 9.10. The molecule has 0 amide bonds. The average molecular weight is 433 g/mol. The van der Waals surface area contributed by atoms with Crippen LogP contribution in [-0.4, -0.2) is 5.11 Å². The van der Waals surface area contributed by atoms with Crippen molar-refractivity contribution in [3.8, 4) is 28.2 Å². The van der Waals surface area contributed by atoms with Gasteiger partial charge in [-0.25, -0.2) is 4.79 Å². The van der Waals surface area contributed by atoms with E-state index in [1.807, 2.05) is 54.6 Å². The van der Waals surface area contributed by atoms with Gasteiger partial charge >= 0.3 is 5.63 Å². The molecule has 1 N–H and O–H groups in total. The van der Waals surface area contributed by atoms with Crippen LogP contribution in [0.5, 0.6) is 5.75 Å². The molecule has 0 saturated heterocycles. The van der Waals surface area contributed by atoms with E-state index in [9.17, 15) is 9.90 Å². The second-order valence-corrected chi connectivity index (χ2v) is 7.42. The van der Waals surface area contributed by atoms with Gasteiger partial charge in [0.15, 0.2) is 0 Å². The van der Waals surface area contributed by atoms with Gasteiger partial charge in [0.05, 0.1) is 0 Å². The van der Waals surface area contributed by atoms with Gasteiger partial charge < -0.3 is 13.9 Å². The third kappa shape index (κ3) is 2.80. The predicted octanol–water partition coefficient (Wildman–Crippen LogP) is 6.34. The Morgan fingerprint density at radius 2 is 1.61 bits per heavy atom. The quantitative estimate of drug-likeness (QED) is 0.330. The number of hydrogen-bond donors (Lipinski definition) is 1. The molecule has 0 saturated carbocycles. The summed E-state index contributed by atoms with van der Waals surface area (Å²) >= 11 is 3.45. The normalized spacial score (nSPS) is 11.3. The number of phenols is 1. The van der Waals surface area contributed by atoms with Crippen LogP contribution < -0.4 is 5.63 Å². The minimum atomic E-state index is -0.478. The monoisotopic (exact) mass is 432 g/mol. The molecule has 0 aliphatic carbocycles. The van der Waals surface area contributed by atoms with E-state index in [1.165, 1.54) is 6.07 Å². The van der Waals surface area contributed by atoms with E-state index in [0.717, 1.165) is 15.4 Å². The summed E-state index contributed by atoms with van der Waals surface area (Å²) in [5.74, 6) is 0.644. The molecule has 2 heterocycles. The Morgan fingerprint density at radius 1 is 0.786 bits per heavy atom. The lowest BCUT2D eigenvalue weighted by atomic mass is 10.00. The van der Waals surface area contributed by atoms with Crippen LogP contribution in [0.25, 0.3) is 44.4 Å². The summed E-state index contributed by atoms with van der Waals surface area (Å²) in [4.78, 5) is 12.2. The highest BCUT2D eigenvalue weighted by atomic mass is 79.9. The number of phenolic OH excluding ortho intramolecular Hbond substituents is 1. The maximum atomic E-state index is 12.2. The third-order valence-electron chi connectivity index (χ3n) is 4.69. The van der Waals surface area contributed by atoms with Crippen LogP contribution in [0.3, 0.4) is 0 Å². The van der Waals surface area contributed by atoms with Gasteiger partial charge in [-0.3, -0.25) is 0 Å². The predicted molar refractivity (Wildman–Crippen MR) is 112 cm³/mol. The lowest BCUT2D eigenvalue weighted by molar-refractivity contribution is 0.477. The Kier molecular flexibility index (Phi) is 3.84. The molecule has 0 fully saturated rings. The first kappa shape index (κ1) is 16.8. The van der Waals surface area contributed by atoms with Gasteiger partial charge in [0.25, 0.3) is 0 Å². The van der Waals surface area contributed by atoms with E-state index in [1.54, 1.807) is 12.1 Å². The van der Waals surface area contributed by atoms with Crippen molar-refractivity contribution in [2.24, 2.45) is 0 Å². The van der Waals surface area contributed by atoms with E-state index in [0.29, 0.717) is 33.4 Å². The maximum absolute atomic E-state index is 12.2. The lowest BCUT2D eigenvalue weighted by Crippen LogP contribution is -1.98. The second-order valence-electron chi connectivity index (χ2n) is 6.50. The van der Waals surface area contributed by atoms with Crippen molar-refractivity contribution in [1.82, 2.24) is 0 Å². The van der Waals surface area contributed by atoms with Crippen LogP contribution in [0.1, 0.15) is 0 Å². The Hall–Kier alpha value is -3.31. The minimum absolute atomic E-state index is 0.104. The van der Waals surface area contributed by atoms with Gasteiger partial charge in [-0.15, -0.1) is 0 Å². The molecule has 5 rings (SSSR count). The molecule has 0 atom stereocenters. The highest BCUT2D eigenvalue weighted by Crippen LogP contribution is 2.38. The zero-order chi connectivity index (χ0) is 19.3. The Balaban J connectivity index is 1.77. The van der Waals surface area contributed by atoms with Crippen LogP contribution in [0.15, 0.2) is 90.9 Å². The summed E-state index contributed by atoms with van der Waals surface area (Å²) in [5, 5.41) is 12.1. The van der Waals surface area contributed by atoms with Crippen LogP contribution in [0.4, 0.5) is 0 Å². The summed E-state index contributed by atoms with van der Waals surface area (Å²) in [6, 6.07) is 21.7. The Bertz CT molecular complexity index is 1400. The number of aromatic hydroxyl groups is 1. The van der Waals surface area contributed by atoms with Crippen LogP contribution in [0, 0.1) is 0 Å². The fourth-order valence-electron chi connectivity index (χ4n) is 3.40. The maximum Gasteiger partial charge on any atom is 0.336 e. The van der Waals surface area contributed by atoms with E-state index in [4.69, 9.17) is 8.83 Å². The molecule has 2 aromatic heterocycles. The van der Waals surface area contributed by atoms with Crippen LogP contribution in [0.2, 0.25) is 0 Å². The zero-order valence-electron chi connectivity index (χ0n) is 14.5. The van der Waals surface area contributed by atoms with Gasteiger partial charge in [0.2, 0.25) is 0 Å². The van der Waals surface area contributed by atoms with Gasteiger partial charge in [-0.05, 0) is 42.0 Å². The third-order valence-corrected chi connectivity index (χ3v) is 5.18. The van der Waals surface area contributed by atoms with Gasteiger partial charge in [0, 0.05) is 32.4 Å². The molecule has 5 aromatic rings.